The SMILES string of the molecule is CCCOC1=C(CC(=O)CC2CCN(Cc3ccccc3)CC2)C2CC2C=CC1. The van der Waals surface area contributed by atoms with Crippen LogP contribution in [0.3, 0.4) is 0 Å². The van der Waals surface area contributed by atoms with Crippen molar-refractivity contribution in [3.05, 3.63) is 59.4 Å². The molecule has 1 saturated carbocycles. The highest BCUT2D eigenvalue weighted by Crippen LogP contribution is 2.49. The van der Waals surface area contributed by atoms with Gasteiger partial charge in [-0.05, 0) is 67.7 Å². The summed E-state index contributed by atoms with van der Waals surface area (Å²) in [5.74, 6) is 3.29. The van der Waals surface area contributed by atoms with Gasteiger partial charge in [0.15, 0.2) is 0 Å². The number of hydrogen-bond donors (Lipinski definition) is 0. The number of benzene rings is 1. The first-order chi connectivity index (χ1) is 14.2. The van der Waals surface area contributed by atoms with Crippen LogP contribution in [0.25, 0.3) is 0 Å². The van der Waals surface area contributed by atoms with Gasteiger partial charge in [-0.15, -0.1) is 0 Å². The van der Waals surface area contributed by atoms with Gasteiger partial charge in [0.1, 0.15) is 5.78 Å². The molecule has 3 nitrogen and oxygen atoms in total. The summed E-state index contributed by atoms with van der Waals surface area (Å²) in [5.41, 5.74) is 2.70. The van der Waals surface area contributed by atoms with E-state index in [1.165, 1.54) is 17.6 Å². The van der Waals surface area contributed by atoms with Gasteiger partial charge in [-0.3, -0.25) is 9.69 Å². The summed E-state index contributed by atoms with van der Waals surface area (Å²) in [6, 6.07) is 10.7. The topological polar surface area (TPSA) is 29.5 Å². The van der Waals surface area contributed by atoms with Crippen molar-refractivity contribution in [3.8, 4) is 0 Å². The Labute approximate surface area is 175 Å². The van der Waals surface area contributed by atoms with E-state index in [4.69, 9.17) is 4.74 Å². The lowest BCUT2D eigenvalue weighted by Gasteiger charge is -2.31. The third-order valence-electron chi connectivity index (χ3n) is 6.67. The molecule has 0 N–H and O–H groups in total. The number of carbonyl (C=O) groups is 1. The van der Waals surface area contributed by atoms with Crippen LogP contribution in [-0.2, 0) is 16.1 Å². The molecule has 0 spiro atoms. The van der Waals surface area contributed by atoms with E-state index in [1.807, 2.05) is 0 Å². The molecule has 1 aliphatic heterocycles. The molecule has 1 heterocycles. The first kappa shape index (κ1) is 20.4. The molecule has 3 heteroatoms. The second-order valence-corrected chi connectivity index (χ2v) is 9.06. The Hall–Kier alpha value is -1.87. The molecule has 2 unspecified atom stereocenters. The van der Waals surface area contributed by atoms with E-state index in [9.17, 15) is 4.79 Å². The molecule has 0 radical (unpaired) electrons. The summed E-state index contributed by atoms with van der Waals surface area (Å²) in [4.78, 5) is 15.5. The van der Waals surface area contributed by atoms with Crippen LogP contribution in [0.2, 0.25) is 0 Å². The summed E-state index contributed by atoms with van der Waals surface area (Å²) in [5, 5.41) is 0. The molecule has 1 saturated heterocycles. The monoisotopic (exact) mass is 393 g/mol. The van der Waals surface area contributed by atoms with E-state index in [0.717, 1.165) is 64.1 Å². The molecule has 2 atom stereocenters. The number of nitrogens with zero attached hydrogens (tertiary/aromatic N) is 1. The standard InChI is InChI=1S/C26H35NO2/c1-2-15-29-26-10-6-9-22-17-24(22)25(26)18-23(28)16-20-11-13-27(14-12-20)19-21-7-4-3-5-8-21/h3-9,20,22,24H,2,10-19H2,1H3. The Balaban J connectivity index is 1.27. The van der Waals surface area contributed by atoms with Crippen molar-refractivity contribution in [1.82, 2.24) is 4.90 Å². The van der Waals surface area contributed by atoms with Gasteiger partial charge >= 0.3 is 0 Å². The summed E-state index contributed by atoms with van der Waals surface area (Å²) in [6.07, 6.45) is 11.3. The molecule has 0 aromatic heterocycles. The summed E-state index contributed by atoms with van der Waals surface area (Å²) in [6.45, 7) is 6.15. The molecule has 0 bridgehead atoms. The number of likely N-dealkylation sites (tertiary alicyclic amines) is 1. The van der Waals surface area contributed by atoms with Crippen LogP contribution >= 0.6 is 0 Å². The first-order valence-corrected chi connectivity index (χ1v) is 11.5. The van der Waals surface area contributed by atoms with Crippen molar-refractivity contribution < 1.29 is 9.53 Å². The fourth-order valence-corrected chi connectivity index (χ4v) is 4.92. The number of allylic oxidation sites excluding steroid dienone is 3. The van der Waals surface area contributed by atoms with Crippen LogP contribution in [0.1, 0.15) is 57.4 Å². The smallest absolute Gasteiger partial charge is 0.137 e. The minimum absolute atomic E-state index is 0.423. The average molecular weight is 394 g/mol. The Morgan fingerprint density at radius 3 is 2.72 bits per heavy atom. The van der Waals surface area contributed by atoms with Crippen LogP contribution in [0.15, 0.2) is 53.8 Å². The van der Waals surface area contributed by atoms with Gasteiger partial charge in [0, 0.05) is 25.8 Å². The fourth-order valence-electron chi connectivity index (χ4n) is 4.92. The Bertz CT molecular complexity index is 743. The van der Waals surface area contributed by atoms with Crippen molar-refractivity contribution >= 4 is 5.78 Å². The van der Waals surface area contributed by atoms with Crippen LogP contribution in [-0.4, -0.2) is 30.4 Å². The maximum absolute atomic E-state index is 12.9. The van der Waals surface area contributed by atoms with Crippen LogP contribution in [0, 0.1) is 17.8 Å². The van der Waals surface area contributed by atoms with Gasteiger partial charge in [-0.1, -0.05) is 49.4 Å². The molecule has 1 aromatic rings. The van der Waals surface area contributed by atoms with Crippen LogP contribution < -0.4 is 0 Å². The molecular formula is C26H35NO2. The third-order valence-corrected chi connectivity index (χ3v) is 6.67. The predicted molar refractivity (Wildman–Crippen MR) is 117 cm³/mol. The van der Waals surface area contributed by atoms with Crippen molar-refractivity contribution in [1.29, 1.82) is 0 Å². The van der Waals surface area contributed by atoms with Gasteiger partial charge in [0.05, 0.1) is 12.4 Å². The molecule has 156 valence electrons. The highest BCUT2D eigenvalue weighted by atomic mass is 16.5. The molecule has 1 aromatic carbocycles. The molecule has 4 rings (SSSR count). The number of piperidine rings is 1. The third kappa shape index (κ3) is 5.60. The van der Waals surface area contributed by atoms with Crippen molar-refractivity contribution in [2.24, 2.45) is 17.8 Å². The zero-order valence-corrected chi connectivity index (χ0v) is 17.8. The second kappa shape index (κ2) is 9.75. The first-order valence-electron chi connectivity index (χ1n) is 11.5. The van der Waals surface area contributed by atoms with Crippen molar-refractivity contribution in [2.45, 2.75) is 58.4 Å². The zero-order valence-electron chi connectivity index (χ0n) is 17.8. The summed E-state index contributed by atoms with van der Waals surface area (Å²) in [7, 11) is 0. The minimum atomic E-state index is 0.423. The van der Waals surface area contributed by atoms with Crippen LogP contribution in [0.4, 0.5) is 0 Å². The predicted octanol–water partition coefficient (Wildman–Crippen LogP) is 5.52. The minimum Gasteiger partial charge on any atom is -0.498 e. The molecule has 3 aliphatic rings. The van der Waals surface area contributed by atoms with Gasteiger partial charge in [0.2, 0.25) is 0 Å². The lowest BCUT2D eigenvalue weighted by Crippen LogP contribution is -2.33. The summed E-state index contributed by atoms with van der Waals surface area (Å²) < 4.78 is 6.05. The number of hydrogen-bond acceptors (Lipinski definition) is 3. The Morgan fingerprint density at radius 1 is 1.17 bits per heavy atom. The number of ketones is 1. The quantitative estimate of drug-likeness (QED) is 0.517. The molecular weight excluding hydrogens is 358 g/mol. The van der Waals surface area contributed by atoms with Crippen molar-refractivity contribution in [2.75, 3.05) is 19.7 Å². The van der Waals surface area contributed by atoms with Gasteiger partial charge in [-0.25, -0.2) is 0 Å². The van der Waals surface area contributed by atoms with Crippen LogP contribution in [0.5, 0.6) is 0 Å². The molecule has 0 amide bonds. The Morgan fingerprint density at radius 2 is 1.97 bits per heavy atom. The van der Waals surface area contributed by atoms with E-state index in [2.05, 4.69) is 54.3 Å². The number of carbonyl (C=O) groups excluding carboxylic acids is 1. The molecule has 2 aliphatic carbocycles. The summed E-state index contributed by atoms with van der Waals surface area (Å²) >= 11 is 0. The number of rotatable bonds is 9. The number of ether oxygens (including phenoxy) is 1. The number of Topliss-reactive ketones (excluding diaryl/α,β-unsaturated/α-hetero) is 1. The van der Waals surface area contributed by atoms with Gasteiger partial charge < -0.3 is 4.74 Å². The Kier molecular flexibility index (Phi) is 6.86. The highest BCUT2D eigenvalue weighted by Gasteiger charge is 2.41. The van der Waals surface area contributed by atoms with Gasteiger partial charge in [-0.2, -0.15) is 0 Å². The van der Waals surface area contributed by atoms with E-state index < -0.39 is 0 Å². The maximum atomic E-state index is 12.9. The number of fused-ring (bicyclic) bond motifs is 1. The van der Waals surface area contributed by atoms with Crippen molar-refractivity contribution in [3.63, 3.8) is 0 Å². The van der Waals surface area contributed by atoms with Gasteiger partial charge in [0.25, 0.3) is 0 Å². The lowest BCUT2D eigenvalue weighted by atomic mass is 9.89. The zero-order chi connectivity index (χ0) is 20.1. The van der Waals surface area contributed by atoms with E-state index >= 15 is 0 Å². The normalized spacial score (nSPS) is 24.9. The largest absolute Gasteiger partial charge is 0.498 e. The van der Waals surface area contributed by atoms with E-state index in [-0.39, 0.29) is 0 Å². The average Bonchev–Trinajstić information content (AvgIpc) is 3.51. The highest BCUT2D eigenvalue weighted by molar-refractivity contribution is 5.81. The molecule has 2 fully saturated rings. The second-order valence-electron chi connectivity index (χ2n) is 9.06. The van der Waals surface area contributed by atoms with E-state index in [1.54, 1.807) is 0 Å². The lowest BCUT2D eigenvalue weighted by molar-refractivity contribution is -0.119. The maximum Gasteiger partial charge on any atom is 0.137 e. The fraction of sp³-hybridized carbons (Fsp3) is 0.577. The van der Waals surface area contributed by atoms with E-state index in [0.29, 0.717) is 30.0 Å². The molecule has 29 heavy (non-hydrogen) atoms.